The predicted molar refractivity (Wildman–Crippen MR) is 111 cm³/mol. The summed E-state index contributed by atoms with van der Waals surface area (Å²) in [6.07, 6.45) is 0.140. The van der Waals surface area contributed by atoms with Crippen LogP contribution in [0.1, 0.15) is 21.5 Å². The van der Waals surface area contributed by atoms with Crippen molar-refractivity contribution < 1.29 is 38.4 Å². The highest BCUT2D eigenvalue weighted by Gasteiger charge is 2.36. The van der Waals surface area contributed by atoms with E-state index in [0.29, 0.717) is 28.7 Å². The van der Waals surface area contributed by atoms with E-state index in [2.05, 4.69) is 0 Å². The van der Waals surface area contributed by atoms with E-state index in [-0.39, 0.29) is 18.5 Å². The first-order chi connectivity index (χ1) is 14.9. The van der Waals surface area contributed by atoms with Gasteiger partial charge < -0.3 is 33.7 Å². The highest BCUT2D eigenvalue weighted by molar-refractivity contribution is 5.98. The van der Waals surface area contributed by atoms with Gasteiger partial charge in [0.05, 0.1) is 35.5 Å². The number of aliphatic carboxylic acids is 1. The number of fused-ring (bicyclic) bond motifs is 1. The summed E-state index contributed by atoms with van der Waals surface area (Å²) < 4.78 is 26.6. The predicted octanol–water partition coefficient (Wildman–Crippen LogP) is 2.38. The van der Waals surface area contributed by atoms with Gasteiger partial charge in [-0.05, 0) is 35.4 Å². The number of rotatable bonds is 7. The van der Waals surface area contributed by atoms with E-state index in [0.717, 1.165) is 11.1 Å². The van der Waals surface area contributed by atoms with Crippen molar-refractivity contribution in [3.05, 3.63) is 41.0 Å². The largest absolute Gasteiger partial charge is 0.493 e. The summed E-state index contributed by atoms with van der Waals surface area (Å²) in [6.45, 7) is 0.0994. The molecule has 1 atom stereocenters. The van der Waals surface area contributed by atoms with Crippen LogP contribution in [-0.2, 0) is 17.8 Å². The highest BCUT2D eigenvalue weighted by Crippen LogP contribution is 2.40. The summed E-state index contributed by atoms with van der Waals surface area (Å²) >= 11 is 0. The molecule has 9 heteroatoms. The van der Waals surface area contributed by atoms with Crippen LogP contribution in [0.2, 0.25) is 0 Å². The Balaban J connectivity index is 2.05. The number of methoxy groups -OCH3 is 5. The Morgan fingerprint density at radius 1 is 0.806 bits per heavy atom. The van der Waals surface area contributed by atoms with E-state index in [1.54, 1.807) is 12.1 Å². The second kappa shape index (κ2) is 9.03. The van der Waals surface area contributed by atoms with Crippen molar-refractivity contribution >= 4 is 11.9 Å². The molecule has 166 valence electrons. The minimum absolute atomic E-state index is 0.0994. The maximum atomic E-state index is 13.4. The van der Waals surface area contributed by atoms with Crippen molar-refractivity contribution in [1.82, 2.24) is 4.90 Å². The molecular weight excluding hydrogens is 406 g/mol. The molecule has 0 aliphatic carbocycles. The first-order valence-corrected chi connectivity index (χ1v) is 9.46. The molecule has 0 spiro atoms. The smallest absolute Gasteiger partial charge is 0.326 e. The zero-order chi connectivity index (χ0) is 22.7. The second-order valence-electron chi connectivity index (χ2n) is 6.88. The molecule has 9 nitrogen and oxygen atoms in total. The van der Waals surface area contributed by atoms with E-state index in [1.807, 2.05) is 0 Å². The lowest BCUT2D eigenvalue weighted by Crippen LogP contribution is -2.48. The Morgan fingerprint density at radius 2 is 1.32 bits per heavy atom. The molecule has 31 heavy (non-hydrogen) atoms. The Morgan fingerprint density at radius 3 is 1.77 bits per heavy atom. The van der Waals surface area contributed by atoms with E-state index in [1.165, 1.54) is 52.6 Å². The monoisotopic (exact) mass is 431 g/mol. The number of ether oxygens (including phenoxy) is 5. The average Bonchev–Trinajstić information content (AvgIpc) is 2.80. The lowest BCUT2D eigenvalue weighted by Gasteiger charge is -2.35. The van der Waals surface area contributed by atoms with Crippen molar-refractivity contribution in [2.24, 2.45) is 0 Å². The van der Waals surface area contributed by atoms with Crippen molar-refractivity contribution in [3.8, 4) is 28.7 Å². The van der Waals surface area contributed by atoms with Crippen LogP contribution in [-0.4, -0.2) is 63.5 Å². The van der Waals surface area contributed by atoms with E-state index in [9.17, 15) is 14.7 Å². The topological polar surface area (TPSA) is 104 Å². The van der Waals surface area contributed by atoms with Crippen LogP contribution in [0.4, 0.5) is 0 Å². The van der Waals surface area contributed by atoms with Crippen LogP contribution in [0.3, 0.4) is 0 Å². The second-order valence-corrected chi connectivity index (χ2v) is 6.88. The molecule has 2 aromatic rings. The van der Waals surface area contributed by atoms with E-state index < -0.39 is 17.9 Å². The molecular formula is C22H25NO8. The molecule has 0 fully saturated rings. The Hall–Kier alpha value is -3.62. The molecule has 3 rings (SSSR count). The molecule has 2 aromatic carbocycles. The van der Waals surface area contributed by atoms with Gasteiger partial charge in [-0.25, -0.2) is 4.79 Å². The number of carboxylic acid groups (broad SMARTS) is 1. The number of hydrogen-bond acceptors (Lipinski definition) is 7. The maximum Gasteiger partial charge on any atom is 0.326 e. The molecule has 0 aromatic heterocycles. The fourth-order valence-corrected chi connectivity index (χ4v) is 3.72. The molecule has 0 saturated carbocycles. The number of carboxylic acids is 1. The summed E-state index contributed by atoms with van der Waals surface area (Å²) in [4.78, 5) is 26.7. The van der Waals surface area contributed by atoms with Crippen LogP contribution in [0.25, 0.3) is 0 Å². The molecule has 1 aliphatic heterocycles. The van der Waals surface area contributed by atoms with Gasteiger partial charge in [0, 0.05) is 18.5 Å². The average molecular weight is 431 g/mol. The van der Waals surface area contributed by atoms with Gasteiger partial charge in [0.1, 0.15) is 6.04 Å². The lowest BCUT2D eigenvalue weighted by atomic mass is 9.92. The zero-order valence-electron chi connectivity index (χ0n) is 18.1. The number of amides is 1. The third-order valence-electron chi connectivity index (χ3n) is 5.29. The standard InChI is InChI=1S/C22H25NO8/c1-27-16-7-12-6-15(22(25)26)23(11-14(12)10-17(16)28-2)21(24)13-8-18(29-3)20(31-5)19(9-13)30-4/h7-10,15H,6,11H2,1-5H3,(H,25,26)/t15-/m0/s1. The maximum absolute atomic E-state index is 13.4. The van der Waals surface area contributed by atoms with E-state index in [4.69, 9.17) is 23.7 Å². The molecule has 1 amide bonds. The van der Waals surface area contributed by atoms with Crippen molar-refractivity contribution in [3.63, 3.8) is 0 Å². The fourth-order valence-electron chi connectivity index (χ4n) is 3.72. The minimum Gasteiger partial charge on any atom is -0.493 e. The summed E-state index contributed by atoms with van der Waals surface area (Å²) in [6, 6.07) is 5.49. The molecule has 1 N–H and O–H groups in total. The van der Waals surface area contributed by atoms with Crippen LogP contribution in [0, 0.1) is 0 Å². The minimum atomic E-state index is -1.10. The van der Waals surface area contributed by atoms with Gasteiger partial charge in [0.15, 0.2) is 23.0 Å². The summed E-state index contributed by atoms with van der Waals surface area (Å²) in [7, 11) is 7.39. The lowest BCUT2D eigenvalue weighted by molar-refractivity contribution is -0.142. The number of benzene rings is 2. The van der Waals surface area contributed by atoms with Crippen LogP contribution >= 0.6 is 0 Å². The first kappa shape index (κ1) is 22.1. The Bertz CT molecular complexity index is 978. The van der Waals surface area contributed by atoms with Crippen molar-refractivity contribution in [2.75, 3.05) is 35.5 Å². The molecule has 1 heterocycles. The molecule has 1 aliphatic rings. The summed E-state index contributed by atoms with van der Waals surface area (Å²) in [5.41, 5.74) is 1.81. The SMILES string of the molecule is COc1cc2c(cc1OC)CN(C(=O)c1cc(OC)c(OC)c(OC)c1)[C@H](C(=O)O)C2. The van der Waals surface area contributed by atoms with Gasteiger partial charge in [-0.3, -0.25) is 4.79 Å². The first-order valence-electron chi connectivity index (χ1n) is 9.46. The van der Waals surface area contributed by atoms with Gasteiger partial charge in [-0.2, -0.15) is 0 Å². The van der Waals surface area contributed by atoms with Crippen LogP contribution in [0.5, 0.6) is 28.7 Å². The van der Waals surface area contributed by atoms with Crippen molar-refractivity contribution in [2.45, 2.75) is 19.0 Å². The van der Waals surface area contributed by atoms with Crippen molar-refractivity contribution in [1.29, 1.82) is 0 Å². The summed E-state index contributed by atoms with van der Waals surface area (Å²) in [5, 5.41) is 9.82. The van der Waals surface area contributed by atoms with Gasteiger partial charge in [0.25, 0.3) is 5.91 Å². The molecule has 0 unspecified atom stereocenters. The van der Waals surface area contributed by atoms with Crippen LogP contribution in [0.15, 0.2) is 24.3 Å². The van der Waals surface area contributed by atoms with Gasteiger partial charge >= 0.3 is 5.97 Å². The molecule has 0 saturated heterocycles. The van der Waals surface area contributed by atoms with Gasteiger partial charge in [0.2, 0.25) is 5.75 Å². The number of carbonyl (C=O) groups is 2. The zero-order valence-corrected chi connectivity index (χ0v) is 18.1. The third kappa shape index (κ3) is 4.03. The Kier molecular flexibility index (Phi) is 6.43. The number of carbonyl (C=O) groups excluding carboxylic acids is 1. The third-order valence-corrected chi connectivity index (χ3v) is 5.29. The van der Waals surface area contributed by atoms with E-state index >= 15 is 0 Å². The Labute approximate surface area is 180 Å². The molecule has 0 radical (unpaired) electrons. The fraction of sp³-hybridized carbons (Fsp3) is 0.364. The number of hydrogen-bond donors (Lipinski definition) is 1. The normalized spacial score (nSPS) is 15.0. The van der Waals surface area contributed by atoms with Gasteiger partial charge in [-0.15, -0.1) is 0 Å². The highest BCUT2D eigenvalue weighted by atomic mass is 16.5. The summed E-state index contributed by atoms with van der Waals surface area (Å²) in [5.74, 6) is 0.414. The quantitative estimate of drug-likeness (QED) is 0.713. The molecule has 0 bridgehead atoms. The number of nitrogens with zero attached hydrogens (tertiary/aromatic N) is 1. The van der Waals surface area contributed by atoms with Crippen LogP contribution < -0.4 is 23.7 Å². The van der Waals surface area contributed by atoms with Gasteiger partial charge in [-0.1, -0.05) is 0 Å².